The Morgan fingerprint density at radius 3 is 2.42 bits per heavy atom. The third-order valence-electron chi connectivity index (χ3n) is 3.44. The first-order valence-electron chi connectivity index (χ1n) is 7.18. The number of hydrogen-bond donors (Lipinski definition) is 0. The molecule has 1 aromatic carbocycles. The van der Waals surface area contributed by atoms with Gasteiger partial charge < -0.3 is 9.32 Å². The molecule has 0 atom stereocenters. The van der Waals surface area contributed by atoms with Crippen LogP contribution in [0.4, 0.5) is 11.6 Å². The molecule has 0 N–H and O–H groups in total. The Hall–Kier alpha value is -2.91. The zero-order valence-corrected chi connectivity index (χ0v) is 14.5. The molecule has 1 aliphatic heterocycles. The van der Waals surface area contributed by atoms with E-state index in [0.717, 1.165) is 17.3 Å². The Morgan fingerprint density at radius 2 is 1.81 bits per heavy atom. The molecule has 0 spiro atoms. The predicted octanol–water partition coefficient (Wildman–Crippen LogP) is 2.70. The highest BCUT2D eigenvalue weighted by Gasteiger charge is 2.31. The molecular formula is C15H10Cl2N4O5. The normalized spacial score (nSPS) is 15.2. The number of nitrogens with zero attached hydrogens (tertiary/aromatic N) is 4. The molecule has 0 unspecified atom stereocenters. The van der Waals surface area contributed by atoms with Gasteiger partial charge in [0.15, 0.2) is 5.76 Å². The Kier molecular flexibility index (Phi) is 4.92. The number of carbonyl (C=O) groups excluding carboxylic acids is 2. The summed E-state index contributed by atoms with van der Waals surface area (Å²) in [6, 6.07) is 7.06. The molecule has 0 saturated carbocycles. The Labute approximate surface area is 156 Å². The van der Waals surface area contributed by atoms with Gasteiger partial charge in [0.2, 0.25) is 5.91 Å². The molecule has 134 valence electrons. The van der Waals surface area contributed by atoms with Gasteiger partial charge in [0, 0.05) is 15.7 Å². The van der Waals surface area contributed by atoms with Crippen LogP contribution in [0, 0.1) is 10.1 Å². The molecule has 3 rings (SSSR count). The van der Waals surface area contributed by atoms with E-state index in [2.05, 4.69) is 5.10 Å². The minimum Gasteiger partial charge on any atom is -0.400 e. The van der Waals surface area contributed by atoms with Gasteiger partial charge in [-0.2, -0.15) is 5.10 Å². The van der Waals surface area contributed by atoms with Crippen LogP contribution in [-0.4, -0.2) is 41.1 Å². The maximum absolute atomic E-state index is 12.3. The van der Waals surface area contributed by atoms with Crippen LogP contribution in [-0.2, 0) is 9.59 Å². The fraction of sp³-hybridized carbons (Fsp3) is 0.133. The second kappa shape index (κ2) is 7.14. The lowest BCUT2D eigenvalue weighted by Gasteiger charge is -2.31. The number of hydrazone groups is 1. The summed E-state index contributed by atoms with van der Waals surface area (Å²) in [6.07, 6.45) is 1.13. The van der Waals surface area contributed by atoms with E-state index in [-0.39, 0.29) is 24.8 Å². The first kappa shape index (κ1) is 17.9. The van der Waals surface area contributed by atoms with Crippen LogP contribution in [0.5, 0.6) is 0 Å². The highest BCUT2D eigenvalue weighted by Crippen LogP contribution is 2.27. The second-order valence-corrected chi connectivity index (χ2v) is 6.11. The molecule has 11 heteroatoms. The Balaban J connectivity index is 1.73. The van der Waals surface area contributed by atoms with Gasteiger partial charge in [-0.25, -0.2) is 5.01 Å². The van der Waals surface area contributed by atoms with E-state index in [1.165, 1.54) is 29.2 Å². The van der Waals surface area contributed by atoms with Gasteiger partial charge in [0.25, 0.3) is 5.91 Å². The van der Waals surface area contributed by atoms with E-state index < -0.39 is 16.7 Å². The molecule has 0 bridgehead atoms. The molecule has 2 aromatic rings. The molecule has 9 nitrogen and oxygen atoms in total. The maximum atomic E-state index is 12.3. The van der Waals surface area contributed by atoms with E-state index in [1.807, 2.05) is 0 Å². The van der Waals surface area contributed by atoms with Gasteiger partial charge in [-0.3, -0.25) is 19.7 Å². The fourth-order valence-electron chi connectivity index (χ4n) is 2.28. The summed E-state index contributed by atoms with van der Waals surface area (Å²) in [5.74, 6) is -1.19. The molecule has 1 fully saturated rings. The molecule has 0 radical (unpaired) electrons. The number of furan rings is 1. The van der Waals surface area contributed by atoms with Crippen LogP contribution >= 0.6 is 23.2 Å². The highest BCUT2D eigenvalue weighted by atomic mass is 35.5. The number of benzene rings is 1. The third kappa shape index (κ3) is 3.84. The van der Waals surface area contributed by atoms with Crippen molar-refractivity contribution in [2.75, 3.05) is 18.0 Å². The zero-order valence-electron chi connectivity index (χ0n) is 13.0. The monoisotopic (exact) mass is 396 g/mol. The molecule has 2 heterocycles. The summed E-state index contributed by atoms with van der Waals surface area (Å²) >= 11 is 11.8. The Bertz CT molecular complexity index is 906. The second-order valence-electron chi connectivity index (χ2n) is 5.24. The van der Waals surface area contributed by atoms with Crippen molar-refractivity contribution in [1.82, 2.24) is 5.01 Å². The lowest BCUT2D eigenvalue weighted by Crippen LogP contribution is -2.52. The average Bonchev–Trinajstić information content (AvgIpc) is 3.03. The molecule has 26 heavy (non-hydrogen) atoms. The quantitative estimate of drug-likeness (QED) is 0.448. The number of nitro groups is 1. The number of halogens is 2. The number of carbonyl (C=O) groups is 2. The summed E-state index contributed by atoms with van der Waals surface area (Å²) in [4.78, 5) is 35.7. The number of hydrogen-bond acceptors (Lipinski definition) is 6. The first-order chi connectivity index (χ1) is 12.3. The van der Waals surface area contributed by atoms with Gasteiger partial charge in [-0.1, -0.05) is 23.2 Å². The molecule has 2 amide bonds. The standard InChI is InChI=1S/C15H10Cl2N4O5/c16-9-3-10(17)5-11(4-9)19-7-14(23)20(8-13(19)22)18-6-12-1-2-15(26-12)21(24)25/h1-6H,7-8H2. The molecule has 1 aromatic heterocycles. The molecule has 0 aliphatic carbocycles. The van der Waals surface area contributed by atoms with E-state index in [1.54, 1.807) is 0 Å². The average molecular weight is 397 g/mol. The van der Waals surface area contributed by atoms with Gasteiger partial charge in [-0.05, 0) is 24.3 Å². The van der Waals surface area contributed by atoms with Crippen molar-refractivity contribution >= 4 is 52.8 Å². The van der Waals surface area contributed by atoms with Crippen LogP contribution in [0.1, 0.15) is 5.76 Å². The van der Waals surface area contributed by atoms with Crippen LogP contribution in [0.2, 0.25) is 10.0 Å². The minimum atomic E-state index is -0.694. The van der Waals surface area contributed by atoms with Gasteiger partial charge in [0.05, 0.1) is 12.3 Å². The summed E-state index contributed by atoms with van der Waals surface area (Å²) < 4.78 is 4.90. The number of rotatable bonds is 4. The van der Waals surface area contributed by atoms with E-state index in [4.69, 9.17) is 27.6 Å². The van der Waals surface area contributed by atoms with Crippen molar-refractivity contribution in [2.24, 2.45) is 5.10 Å². The van der Waals surface area contributed by atoms with E-state index in [0.29, 0.717) is 15.7 Å². The summed E-state index contributed by atoms with van der Waals surface area (Å²) in [6.45, 7) is -0.548. The van der Waals surface area contributed by atoms with E-state index in [9.17, 15) is 19.7 Å². The number of piperazine rings is 1. The smallest absolute Gasteiger partial charge is 0.400 e. The van der Waals surface area contributed by atoms with Crippen molar-refractivity contribution in [2.45, 2.75) is 0 Å². The molecule has 1 aliphatic rings. The zero-order chi connectivity index (χ0) is 18.8. The van der Waals surface area contributed by atoms with Crippen molar-refractivity contribution in [3.63, 3.8) is 0 Å². The van der Waals surface area contributed by atoms with E-state index >= 15 is 0 Å². The lowest BCUT2D eigenvalue weighted by molar-refractivity contribution is -0.402. The summed E-state index contributed by atoms with van der Waals surface area (Å²) in [7, 11) is 0. The summed E-state index contributed by atoms with van der Waals surface area (Å²) in [5, 5.41) is 16.1. The molecular weight excluding hydrogens is 387 g/mol. The Morgan fingerprint density at radius 1 is 1.12 bits per heavy atom. The van der Waals surface area contributed by atoms with Crippen molar-refractivity contribution in [1.29, 1.82) is 0 Å². The van der Waals surface area contributed by atoms with Crippen LogP contribution < -0.4 is 4.90 Å². The summed E-state index contributed by atoms with van der Waals surface area (Å²) in [5.41, 5.74) is 0.408. The van der Waals surface area contributed by atoms with Gasteiger partial charge in [0.1, 0.15) is 18.0 Å². The van der Waals surface area contributed by atoms with Crippen molar-refractivity contribution in [3.05, 3.63) is 56.3 Å². The lowest BCUT2D eigenvalue weighted by atomic mass is 10.2. The maximum Gasteiger partial charge on any atom is 0.433 e. The first-order valence-corrected chi connectivity index (χ1v) is 7.94. The number of anilines is 1. The topological polar surface area (TPSA) is 109 Å². The number of amides is 2. The molecule has 1 saturated heterocycles. The van der Waals surface area contributed by atoms with Crippen LogP contribution in [0.15, 0.2) is 39.9 Å². The largest absolute Gasteiger partial charge is 0.433 e. The van der Waals surface area contributed by atoms with Crippen LogP contribution in [0.25, 0.3) is 0 Å². The fourth-order valence-corrected chi connectivity index (χ4v) is 2.79. The SMILES string of the molecule is O=C1CN(c2cc(Cl)cc(Cl)c2)C(=O)CN1N=Cc1ccc([N+](=O)[O-])o1. The highest BCUT2D eigenvalue weighted by molar-refractivity contribution is 6.35. The van der Waals surface area contributed by atoms with Crippen molar-refractivity contribution in [3.8, 4) is 0 Å². The predicted molar refractivity (Wildman–Crippen MR) is 93.5 cm³/mol. The van der Waals surface area contributed by atoms with Crippen LogP contribution in [0.3, 0.4) is 0 Å². The third-order valence-corrected chi connectivity index (χ3v) is 3.88. The minimum absolute atomic E-state index is 0.0843. The van der Waals surface area contributed by atoms with Gasteiger partial charge in [-0.15, -0.1) is 0 Å². The van der Waals surface area contributed by atoms with Gasteiger partial charge >= 0.3 is 5.88 Å². The van der Waals surface area contributed by atoms with Crippen molar-refractivity contribution < 1.29 is 18.9 Å².